The summed E-state index contributed by atoms with van der Waals surface area (Å²) in [4.78, 5) is 25.5. The standard InChI is InChI=1S/C10H9FN4O/c1-5-8(11)10(16)15-9(13-5)7-3-4-12-6(2)14-7/h3-4H,1-2H3,(H,13,15,16). The monoisotopic (exact) mass is 220 g/mol. The van der Waals surface area contributed by atoms with E-state index in [1.165, 1.54) is 6.92 Å². The molecule has 0 spiro atoms. The number of aromatic nitrogens is 4. The number of hydrogen-bond acceptors (Lipinski definition) is 4. The van der Waals surface area contributed by atoms with E-state index in [-0.39, 0.29) is 11.5 Å². The van der Waals surface area contributed by atoms with Crippen molar-refractivity contribution in [3.63, 3.8) is 0 Å². The number of rotatable bonds is 1. The molecule has 6 heteroatoms. The Morgan fingerprint density at radius 3 is 2.69 bits per heavy atom. The molecule has 0 aliphatic rings. The van der Waals surface area contributed by atoms with Crippen LogP contribution in [0.4, 0.5) is 4.39 Å². The van der Waals surface area contributed by atoms with Crippen molar-refractivity contribution in [3.8, 4) is 11.5 Å². The van der Waals surface area contributed by atoms with Gasteiger partial charge in [0.1, 0.15) is 11.5 Å². The Morgan fingerprint density at radius 2 is 2.06 bits per heavy atom. The maximum Gasteiger partial charge on any atom is 0.287 e. The van der Waals surface area contributed by atoms with Crippen LogP contribution in [0, 0.1) is 19.7 Å². The van der Waals surface area contributed by atoms with E-state index in [1.807, 2.05) is 0 Å². The highest BCUT2D eigenvalue weighted by atomic mass is 19.1. The molecule has 2 aromatic rings. The molecular formula is C10H9FN4O. The molecule has 2 heterocycles. The fourth-order valence-corrected chi connectivity index (χ4v) is 1.28. The Balaban J connectivity index is 2.61. The summed E-state index contributed by atoms with van der Waals surface area (Å²) < 4.78 is 13.1. The average Bonchev–Trinajstić information content (AvgIpc) is 2.25. The summed E-state index contributed by atoms with van der Waals surface area (Å²) in [6, 6.07) is 1.60. The van der Waals surface area contributed by atoms with Crippen LogP contribution >= 0.6 is 0 Å². The second kappa shape index (κ2) is 3.80. The van der Waals surface area contributed by atoms with E-state index in [1.54, 1.807) is 19.2 Å². The molecule has 0 radical (unpaired) electrons. The van der Waals surface area contributed by atoms with Gasteiger partial charge in [-0.1, -0.05) is 0 Å². The van der Waals surface area contributed by atoms with Crippen molar-refractivity contribution < 1.29 is 4.39 Å². The van der Waals surface area contributed by atoms with Gasteiger partial charge in [0.25, 0.3) is 5.56 Å². The molecule has 0 fully saturated rings. The fourth-order valence-electron chi connectivity index (χ4n) is 1.28. The number of H-pyrrole nitrogens is 1. The second-order valence-corrected chi connectivity index (χ2v) is 3.30. The number of nitrogens with one attached hydrogen (secondary N) is 1. The van der Waals surface area contributed by atoms with Crippen LogP contribution in [0.15, 0.2) is 17.1 Å². The van der Waals surface area contributed by atoms with Crippen LogP contribution in [-0.4, -0.2) is 19.9 Å². The number of halogens is 1. The Labute approximate surface area is 90.4 Å². The van der Waals surface area contributed by atoms with Crippen LogP contribution in [0.1, 0.15) is 11.5 Å². The Hall–Kier alpha value is -2.11. The normalized spacial score (nSPS) is 10.4. The van der Waals surface area contributed by atoms with E-state index in [9.17, 15) is 9.18 Å². The van der Waals surface area contributed by atoms with Gasteiger partial charge in [0, 0.05) is 6.20 Å². The van der Waals surface area contributed by atoms with Crippen LogP contribution in [-0.2, 0) is 0 Å². The van der Waals surface area contributed by atoms with E-state index in [4.69, 9.17) is 0 Å². The summed E-state index contributed by atoms with van der Waals surface area (Å²) >= 11 is 0. The Kier molecular flexibility index (Phi) is 2.47. The van der Waals surface area contributed by atoms with Crippen molar-refractivity contribution in [1.82, 2.24) is 19.9 Å². The van der Waals surface area contributed by atoms with Crippen molar-refractivity contribution >= 4 is 0 Å². The van der Waals surface area contributed by atoms with Gasteiger partial charge < -0.3 is 4.98 Å². The first kappa shape index (κ1) is 10.4. The Morgan fingerprint density at radius 1 is 1.31 bits per heavy atom. The van der Waals surface area contributed by atoms with Gasteiger partial charge in [-0.05, 0) is 19.9 Å². The number of nitrogens with zero attached hydrogens (tertiary/aromatic N) is 3. The van der Waals surface area contributed by atoms with Crippen LogP contribution in [0.25, 0.3) is 11.5 Å². The van der Waals surface area contributed by atoms with E-state index >= 15 is 0 Å². The van der Waals surface area contributed by atoms with Gasteiger partial charge in [0.05, 0.1) is 5.69 Å². The van der Waals surface area contributed by atoms with E-state index in [0.29, 0.717) is 11.5 Å². The first-order valence-corrected chi connectivity index (χ1v) is 4.64. The molecule has 16 heavy (non-hydrogen) atoms. The molecule has 0 saturated carbocycles. The maximum absolute atomic E-state index is 13.1. The lowest BCUT2D eigenvalue weighted by molar-refractivity contribution is 0.589. The molecular weight excluding hydrogens is 211 g/mol. The average molecular weight is 220 g/mol. The molecule has 2 aromatic heterocycles. The molecule has 0 aromatic carbocycles. The molecule has 5 nitrogen and oxygen atoms in total. The molecule has 2 rings (SSSR count). The molecule has 0 amide bonds. The summed E-state index contributed by atoms with van der Waals surface area (Å²) in [5, 5.41) is 0. The minimum atomic E-state index is -0.866. The summed E-state index contributed by atoms with van der Waals surface area (Å²) in [7, 11) is 0. The van der Waals surface area contributed by atoms with Gasteiger partial charge in [-0.25, -0.2) is 15.0 Å². The molecule has 0 aliphatic carbocycles. The zero-order valence-electron chi connectivity index (χ0n) is 8.78. The third-order valence-corrected chi connectivity index (χ3v) is 2.05. The summed E-state index contributed by atoms with van der Waals surface area (Å²) in [6.45, 7) is 3.15. The third-order valence-electron chi connectivity index (χ3n) is 2.05. The quantitative estimate of drug-likeness (QED) is 0.777. The van der Waals surface area contributed by atoms with Crippen molar-refractivity contribution in [2.45, 2.75) is 13.8 Å². The smallest absolute Gasteiger partial charge is 0.287 e. The largest absolute Gasteiger partial charge is 0.303 e. The van der Waals surface area contributed by atoms with E-state index in [2.05, 4.69) is 19.9 Å². The van der Waals surface area contributed by atoms with Gasteiger partial charge in [-0.3, -0.25) is 4.79 Å². The molecule has 0 unspecified atom stereocenters. The number of hydrogen-bond donors (Lipinski definition) is 1. The van der Waals surface area contributed by atoms with Crippen molar-refractivity contribution in [2.75, 3.05) is 0 Å². The van der Waals surface area contributed by atoms with Gasteiger partial charge in [-0.2, -0.15) is 4.39 Å². The molecule has 0 aliphatic heterocycles. The Bertz CT molecular complexity index is 594. The zero-order valence-corrected chi connectivity index (χ0v) is 8.78. The fraction of sp³-hybridized carbons (Fsp3) is 0.200. The molecule has 82 valence electrons. The summed E-state index contributed by atoms with van der Waals surface area (Å²) in [6.07, 6.45) is 1.55. The van der Waals surface area contributed by atoms with Gasteiger partial charge >= 0.3 is 0 Å². The zero-order chi connectivity index (χ0) is 11.7. The van der Waals surface area contributed by atoms with E-state index < -0.39 is 11.4 Å². The maximum atomic E-state index is 13.1. The molecule has 0 atom stereocenters. The van der Waals surface area contributed by atoms with Crippen LogP contribution in [0.3, 0.4) is 0 Å². The topological polar surface area (TPSA) is 71.5 Å². The highest BCUT2D eigenvalue weighted by Gasteiger charge is 2.09. The van der Waals surface area contributed by atoms with Crippen molar-refractivity contribution in [3.05, 3.63) is 40.0 Å². The lowest BCUT2D eigenvalue weighted by Crippen LogP contribution is -2.16. The molecule has 0 bridgehead atoms. The van der Waals surface area contributed by atoms with Gasteiger partial charge in [0.2, 0.25) is 5.82 Å². The van der Waals surface area contributed by atoms with Gasteiger partial charge in [0.15, 0.2) is 5.82 Å². The van der Waals surface area contributed by atoms with Crippen LogP contribution in [0.5, 0.6) is 0 Å². The summed E-state index contributed by atoms with van der Waals surface area (Å²) in [5.74, 6) is -0.0638. The van der Waals surface area contributed by atoms with E-state index in [0.717, 1.165) is 0 Å². The summed E-state index contributed by atoms with van der Waals surface area (Å²) in [5.41, 5.74) is -0.276. The first-order valence-electron chi connectivity index (χ1n) is 4.64. The van der Waals surface area contributed by atoms with Crippen molar-refractivity contribution in [1.29, 1.82) is 0 Å². The van der Waals surface area contributed by atoms with Crippen LogP contribution < -0.4 is 5.56 Å². The second-order valence-electron chi connectivity index (χ2n) is 3.30. The predicted octanol–water partition coefficient (Wildman–Crippen LogP) is 0.983. The highest BCUT2D eigenvalue weighted by Crippen LogP contribution is 2.10. The number of aromatic amines is 1. The third kappa shape index (κ3) is 1.81. The predicted molar refractivity (Wildman–Crippen MR) is 55.3 cm³/mol. The SMILES string of the molecule is Cc1nccc(-c2nc(C)c(F)c(=O)[nH]2)n1. The van der Waals surface area contributed by atoms with Crippen LogP contribution in [0.2, 0.25) is 0 Å². The first-order chi connectivity index (χ1) is 7.58. The molecule has 0 saturated heterocycles. The van der Waals surface area contributed by atoms with Gasteiger partial charge in [-0.15, -0.1) is 0 Å². The lowest BCUT2D eigenvalue weighted by atomic mass is 10.3. The molecule has 1 N–H and O–H groups in total. The number of aryl methyl sites for hydroxylation is 2. The lowest BCUT2D eigenvalue weighted by Gasteiger charge is -2.02. The van der Waals surface area contributed by atoms with Crippen molar-refractivity contribution in [2.24, 2.45) is 0 Å². The minimum Gasteiger partial charge on any atom is -0.303 e. The highest BCUT2D eigenvalue weighted by molar-refractivity contribution is 5.47. The minimum absolute atomic E-state index is 0.0509.